The van der Waals surface area contributed by atoms with Gasteiger partial charge in [0.05, 0.1) is 5.56 Å². The Morgan fingerprint density at radius 2 is 1.91 bits per heavy atom. The van der Waals surface area contributed by atoms with Crippen LogP contribution in [0.4, 0.5) is 5.69 Å². The maximum atomic E-state index is 10.3. The first-order valence-electron chi connectivity index (χ1n) is 2.79. The average molecular weight is 155 g/mol. The molecule has 0 fully saturated rings. The number of hydrogen-bond acceptors (Lipinski definition) is 2. The summed E-state index contributed by atoms with van der Waals surface area (Å²) in [4.78, 5) is 10.3. The number of rotatable bonds is 1. The Balaban J connectivity index is 0.000001000. The lowest BCUT2D eigenvalue weighted by molar-refractivity contribution is 0.0698. The molecule has 0 saturated heterocycles. The minimum absolute atomic E-state index is 0. The van der Waals surface area contributed by atoms with Gasteiger partial charge in [-0.1, -0.05) is 12.1 Å². The Bertz CT molecular complexity index is 260. The topological polar surface area (TPSA) is 94.8 Å². The van der Waals surface area contributed by atoms with Crippen molar-refractivity contribution in [2.45, 2.75) is 0 Å². The van der Waals surface area contributed by atoms with Gasteiger partial charge in [0.1, 0.15) is 0 Å². The number of benzene rings is 1. The number of anilines is 1. The summed E-state index contributed by atoms with van der Waals surface area (Å²) in [6.45, 7) is 0. The van der Waals surface area contributed by atoms with E-state index in [1.807, 2.05) is 0 Å². The van der Waals surface area contributed by atoms with E-state index in [0.717, 1.165) is 0 Å². The predicted octanol–water partition coefficient (Wildman–Crippen LogP) is 0.142. The van der Waals surface area contributed by atoms with Gasteiger partial charge >= 0.3 is 5.97 Å². The minimum Gasteiger partial charge on any atom is -0.478 e. The molecule has 11 heavy (non-hydrogen) atoms. The molecule has 0 heterocycles. The molecule has 0 spiro atoms. The van der Waals surface area contributed by atoms with Gasteiger partial charge in [-0.2, -0.15) is 0 Å². The van der Waals surface area contributed by atoms with Crippen molar-refractivity contribution >= 4 is 11.7 Å². The molecule has 0 bridgehead atoms. The average Bonchev–Trinajstić information content (AvgIpc) is 1.88. The molecule has 0 unspecified atom stereocenters. The van der Waals surface area contributed by atoms with E-state index in [2.05, 4.69) is 0 Å². The van der Waals surface area contributed by atoms with E-state index in [-0.39, 0.29) is 11.0 Å². The summed E-state index contributed by atoms with van der Waals surface area (Å²) in [6, 6.07) is 6.36. The maximum Gasteiger partial charge on any atom is 0.337 e. The lowest BCUT2D eigenvalue weighted by atomic mass is 10.2. The zero-order chi connectivity index (χ0) is 7.56. The van der Waals surface area contributed by atoms with Crippen LogP contribution in [0.5, 0.6) is 0 Å². The van der Waals surface area contributed by atoms with Crippen molar-refractivity contribution in [2.75, 3.05) is 5.73 Å². The molecule has 0 saturated carbocycles. The lowest BCUT2D eigenvalue weighted by Gasteiger charge is -1.96. The molecule has 1 aromatic rings. The van der Waals surface area contributed by atoms with Gasteiger partial charge in [-0.3, -0.25) is 0 Å². The number of carbonyl (C=O) groups is 1. The van der Waals surface area contributed by atoms with Crippen molar-refractivity contribution in [1.29, 1.82) is 0 Å². The Kier molecular flexibility index (Phi) is 3.07. The van der Waals surface area contributed by atoms with Crippen LogP contribution in [0.15, 0.2) is 24.3 Å². The molecule has 1 aromatic carbocycles. The Labute approximate surface area is 63.6 Å². The van der Waals surface area contributed by atoms with Crippen molar-refractivity contribution in [3.63, 3.8) is 0 Å². The molecule has 60 valence electrons. The summed E-state index contributed by atoms with van der Waals surface area (Å²) in [6.07, 6.45) is 0. The van der Waals surface area contributed by atoms with Gasteiger partial charge in [0.2, 0.25) is 0 Å². The molecule has 0 aliphatic rings. The normalized spacial score (nSPS) is 8.36. The number of carboxylic acid groups (broad SMARTS) is 1. The quantitative estimate of drug-likeness (QED) is 0.565. The fraction of sp³-hybridized carbons (Fsp3) is 0. The van der Waals surface area contributed by atoms with Crippen LogP contribution in [0.1, 0.15) is 10.4 Å². The predicted molar refractivity (Wildman–Crippen MR) is 41.4 cm³/mol. The summed E-state index contributed by atoms with van der Waals surface area (Å²) in [5, 5.41) is 8.49. The Morgan fingerprint density at radius 1 is 1.36 bits per heavy atom. The summed E-state index contributed by atoms with van der Waals surface area (Å²) in [5.74, 6) is -0.988. The molecule has 0 aromatic heterocycles. The molecular weight excluding hydrogens is 146 g/mol. The van der Waals surface area contributed by atoms with Gasteiger partial charge in [0, 0.05) is 5.69 Å². The lowest BCUT2D eigenvalue weighted by Crippen LogP contribution is -2.00. The second-order valence-corrected chi connectivity index (χ2v) is 1.89. The smallest absolute Gasteiger partial charge is 0.337 e. The third-order valence-corrected chi connectivity index (χ3v) is 1.19. The van der Waals surface area contributed by atoms with Crippen molar-refractivity contribution in [2.24, 2.45) is 0 Å². The van der Waals surface area contributed by atoms with E-state index in [0.29, 0.717) is 5.69 Å². The molecule has 4 nitrogen and oxygen atoms in total. The van der Waals surface area contributed by atoms with E-state index in [9.17, 15) is 4.79 Å². The number of hydrogen-bond donors (Lipinski definition) is 2. The zero-order valence-corrected chi connectivity index (χ0v) is 5.74. The van der Waals surface area contributed by atoms with Crippen molar-refractivity contribution in [1.82, 2.24) is 0 Å². The molecule has 4 heteroatoms. The largest absolute Gasteiger partial charge is 0.478 e. The van der Waals surface area contributed by atoms with Gasteiger partial charge in [-0.15, -0.1) is 0 Å². The van der Waals surface area contributed by atoms with Crippen molar-refractivity contribution in [3.05, 3.63) is 29.8 Å². The van der Waals surface area contributed by atoms with Crippen molar-refractivity contribution in [3.8, 4) is 0 Å². The number of nitrogen functional groups attached to an aromatic ring is 1. The Hall–Kier alpha value is -1.55. The van der Waals surface area contributed by atoms with E-state index in [1.165, 1.54) is 6.07 Å². The molecule has 0 atom stereocenters. The highest BCUT2D eigenvalue weighted by molar-refractivity contribution is 5.93. The van der Waals surface area contributed by atoms with Gasteiger partial charge in [-0.05, 0) is 12.1 Å². The van der Waals surface area contributed by atoms with Crippen LogP contribution in [-0.4, -0.2) is 16.6 Å². The first-order chi connectivity index (χ1) is 4.72. The fourth-order valence-electron chi connectivity index (χ4n) is 0.692. The molecule has 1 rings (SSSR count). The molecule has 5 N–H and O–H groups in total. The summed E-state index contributed by atoms with van der Waals surface area (Å²) < 4.78 is 0. The van der Waals surface area contributed by atoms with Crippen molar-refractivity contribution < 1.29 is 15.4 Å². The maximum absolute atomic E-state index is 10.3. The fourth-order valence-corrected chi connectivity index (χ4v) is 0.692. The summed E-state index contributed by atoms with van der Waals surface area (Å²) in [7, 11) is 0. The number of nitrogens with two attached hydrogens (primary N) is 1. The summed E-state index contributed by atoms with van der Waals surface area (Å²) >= 11 is 0. The van der Waals surface area contributed by atoms with Crippen LogP contribution < -0.4 is 5.73 Å². The third kappa shape index (κ3) is 1.94. The van der Waals surface area contributed by atoms with Crippen LogP contribution in [-0.2, 0) is 0 Å². The van der Waals surface area contributed by atoms with Gasteiger partial charge in [-0.25, -0.2) is 4.79 Å². The third-order valence-electron chi connectivity index (χ3n) is 1.19. The van der Waals surface area contributed by atoms with Gasteiger partial charge in [0.15, 0.2) is 0 Å². The van der Waals surface area contributed by atoms with Gasteiger partial charge < -0.3 is 16.3 Å². The van der Waals surface area contributed by atoms with Crippen LogP contribution in [0, 0.1) is 0 Å². The Morgan fingerprint density at radius 3 is 2.27 bits per heavy atom. The molecule has 0 aliphatic heterocycles. The second-order valence-electron chi connectivity index (χ2n) is 1.89. The van der Waals surface area contributed by atoms with Crippen LogP contribution in [0.3, 0.4) is 0 Å². The highest BCUT2D eigenvalue weighted by Crippen LogP contribution is 2.08. The second kappa shape index (κ2) is 3.58. The highest BCUT2D eigenvalue weighted by atomic mass is 16.4. The van der Waals surface area contributed by atoms with E-state index in [1.54, 1.807) is 18.2 Å². The van der Waals surface area contributed by atoms with Crippen LogP contribution in [0.2, 0.25) is 0 Å². The first kappa shape index (κ1) is 9.45. The van der Waals surface area contributed by atoms with Crippen LogP contribution in [0.25, 0.3) is 0 Å². The zero-order valence-electron chi connectivity index (χ0n) is 5.74. The number of para-hydroxylation sites is 1. The molecule has 0 amide bonds. The van der Waals surface area contributed by atoms with E-state index < -0.39 is 5.97 Å². The standard InChI is InChI=1S/C7H7NO2.H2O/c8-6-4-2-1-3-5(6)7(9)10;/h1-4H,8H2,(H,9,10);1H2. The number of carboxylic acids is 1. The first-order valence-corrected chi connectivity index (χ1v) is 2.79. The van der Waals surface area contributed by atoms with E-state index >= 15 is 0 Å². The van der Waals surface area contributed by atoms with Gasteiger partial charge in [0.25, 0.3) is 0 Å². The minimum atomic E-state index is -0.988. The monoisotopic (exact) mass is 155 g/mol. The SMILES string of the molecule is Nc1ccccc1C(=O)O.O. The van der Waals surface area contributed by atoms with E-state index in [4.69, 9.17) is 10.8 Å². The number of aromatic carboxylic acids is 1. The molecular formula is C7H9NO3. The molecule has 0 aliphatic carbocycles. The molecule has 0 radical (unpaired) electrons. The summed E-state index contributed by atoms with van der Waals surface area (Å²) in [5.41, 5.74) is 5.80. The highest BCUT2D eigenvalue weighted by Gasteiger charge is 2.03. The van der Waals surface area contributed by atoms with Crippen LogP contribution >= 0.6 is 0 Å².